The van der Waals surface area contributed by atoms with Crippen molar-refractivity contribution >= 4 is 0 Å². The Morgan fingerprint density at radius 3 is 2.78 bits per heavy atom. The van der Waals surface area contributed by atoms with E-state index in [1.54, 1.807) is 0 Å². The Morgan fingerprint density at radius 1 is 1.44 bits per heavy atom. The Labute approximate surface area is 110 Å². The number of aliphatic hydroxyl groups is 1. The summed E-state index contributed by atoms with van der Waals surface area (Å²) in [6.45, 7) is 11.2. The van der Waals surface area contributed by atoms with Crippen LogP contribution in [0.5, 0.6) is 0 Å². The molecule has 0 aliphatic carbocycles. The van der Waals surface area contributed by atoms with E-state index in [-0.39, 0.29) is 6.10 Å². The van der Waals surface area contributed by atoms with E-state index in [1.165, 1.54) is 5.69 Å². The van der Waals surface area contributed by atoms with Crippen molar-refractivity contribution in [2.45, 2.75) is 52.2 Å². The summed E-state index contributed by atoms with van der Waals surface area (Å²) in [7, 11) is 0. The van der Waals surface area contributed by atoms with Crippen LogP contribution in [-0.2, 0) is 0 Å². The van der Waals surface area contributed by atoms with Gasteiger partial charge in [-0.2, -0.15) is 5.10 Å². The molecule has 1 aliphatic rings. The third-order valence-electron chi connectivity index (χ3n) is 3.59. The zero-order valence-electron chi connectivity index (χ0n) is 11.9. The van der Waals surface area contributed by atoms with E-state index < -0.39 is 0 Å². The zero-order valence-corrected chi connectivity index (χ0v) is 11.9. The van der Waals surface area contributed by atoms with E-state index in [2.05, 4.69) is 41.5 Å². The summed E-state index contributed by atoms with van der Waals surface area (Å²) in [5, 5.41) is 14.1. The molecule has 1 aromatic rings. The highest BCUT2D eigenvalue weighted by atomic mass is 16.3. The van der Waals surface area contributed by atoms with Gasteiger partial charge in [-0.25, -0.2) is 0 Å². The molecule has 1 aromatic heterocycles. The highest BCUT2D eigenvalue weighted by molar-refractivity contribution is 5.14. The third kappa shape index (κ3) is 2.93. The summed E-state index contributed by atoms with van der Waals surface area (Å²) < 4.78 is 2.21. The van der Waals surface area contributed by atoms with Gasteiger partial charge in [0, 0.05) is 25.3 Å². The molecule has 0 saturated carbocycles. The molecule has 2 rings (SSSR count). The number of hydrogen-bond acceptors (Lipinski definition) is 3. The van der Waals surface area contributed by atoms with Gasteiger partial charge < -0.3 is 5.11 Å². The molecule has 4 heteroatoms. The Kier molecular flexibility index (Phi) is 4.07. The monoisotopic (exact) mass is 251 g/mol. The van der Waals surface area contributed by atoms with E-state index in [1.807, 2.05) is 6.92 Å². The average Bonchev–Trinajstić information content (AvgIpc) is 2.83. The minimum atomic E-state index is -0.243. The van der Waals surface area contributed by atoms with Crippen molar-refractivity contribution in [3.8, 4) is 0 Å². The number of hydrogen-bond donors (Lipinski definition) is 1. The van der Waals surface area contributed by atoms with E-state index >= 15 is 0 Å². The van der Waals surface area contributed by atoms with Crippen LogP contribution in [0.15, 0.2) is 6.07 Å². The van der Waals surface area contributed by atoms with Crippen LogP contribution in [0.3, 0.4) is 0 Å². The Hall–Kier alpha value is -0.870. The second kappa shape index (κ2) is 5.41. The van der Waals surface area contributed by atoms with Crippen molar-refractivity contribution in [2.75, 3.05) is 19.6 Å². The van der Waals surface area contributed by atoms with Crippen molar-refractivity contribution in [2.24, 2.45) is 0 Å². The molecule has 1 saturated heterocycles. The van der Waals surface area contributed by atoms with Crippen molar-refractivity contribution in [1.29, 1.82) is 0 Å². The van der Waals surface area contributed by atoms with Crippen molar-refractivity contribution in [3.05, 3.63) is 17.5 Å². The van der Waals surface area contributed by atoms with Crippen LogP contribution in [0.4, 0.5) is 0 Å². The summed E-state index contributed by atoms with van der Waals surface area (Å²) >= 11 is 0. The Balaban J connectivity index is 2.09. The normalized spacial score (nSPS) is 22.9. The largest absolute Gasteiger partial charge is 0.392 e. The molecule has 18 heavy (non-hydrogen) atoms. The average molecular weight is 251 g/mol. The van der Waals surface area contributed by atoms with Gasteiger partial charge >= 0.3 is 0 Å². The number of aromatic nitrogens is 2. The van der Waals surface area contributed by atoms with Gasteiger partial charge in [-0.05, 0) is 32.3 Å². The molecule has 0 aromatic carbocycles. The highest BCUT2D eigenvalue weighted by Gasteiger charge is 2.27. The van der Waals surface area contributed by atoms with Gasteiger partial charge in [-0.1, -0.05) is 13.8 Å². The minimum Gasteiger partial charge on any atom is -0.392 e. The Bertz CT molecular complexity index is 398. The topological polar surface area (TPSA) is 41.3 Å². The lowest BCUT2D eigenvalue weighted by atomic mass is 10.1. The third-order valence-corrected chi connectivity index (χ3v) is 3.59. The van der Waals surface area contributed by atoms with Crippen molar-refractivity contribution < 1.29 is 5.11 Å². The molecule has 102 valence electrons. The predicted molar refractivity (Wildman–Crippen MR) is 72.8 cm³/mol. The molecular weight excluding hydrogens is 226 g/mol. The number of β-amino-alcohol motifs (C(OH)–C–C–N with tert-alkyl or cyclic N) is 1. The van der Waals surface area contributed by atoms with Gasteiger partial charge in [0.1, 0.15) is 0 Å². The quantitative estimate of drug-likeness (QED) is 0.889. The number of nitrogens with zero attached hydrogens (tertiary/aromatic N) is 3. The standard InChI is InChI=1S/C14H25N3O/c1-10(2)14-7-11(3)15-17(14)13-5-6-16(9-13)8-12(4)18/h7,10,12-13,18H,5-6,8-9H2,1-4H3. The fourth-order valence-corrected chi connectivity index (χ4v) is 2.81. The van der Waals surface area contributed by atoms with Crippen molar-refractivity contribution in [1.82, 2.24) is 14.7 Å². The lowest BCUT2D eigenvalue weighted by Gasteiger charge is -2.19. The zero-order chi connectivity index (χ0) is 13.3. The van der Waals surface area contributed by atoms with E-state index in [4.69, 9.17) is 0 Å². The van der Waals surface area contributed by atoms with E-state index in [0.29, 0.717) is 12.0 Å². The lowest BCUT2D eigenvalue weighted by Crippen LogP contribution is -2.29. The minimum absolute atomic E-state index is 0.243. The molecule has 0 radical (unpaired) electrons. The maximum atomic E-state index is 9.45. The summed E-state index contributed by atoms with van der Waals surface area (Å²) in [5.41, 5.74) is 2.43. The van der Waals surface area contributed by atoms with Gasteiger partial charge in [0.25, 0.3) is 0 Å². The Morgan fingerprint density at radius 2 is 2.17 bits per heavy atom. The first kappa shape index (κ1) is 13.6. The second-order valence-corrected chi connectivity index (χ2v) is 5.86. The van der Waals surface area contributed by atoms with E-state index in [0.717, 1.165) is 31.7 Å². The molecule has 1 fully saturated rings. The smallest absolute Gasteiger partial charge is 0.0661 e. The molecule has 2 heterocycles. The first-order chi connectivity index (χ1) is 8.47. The summed E-state index contributed by atoms with van der Waals surface area (Å²) in [5.74, 6) is 0.511. The van der Waals surface area contributed by atoms with Gasteiger partial charge in [0.05, 0.1) is 17.8 Å². The van der Waals surface area contributed by atoms with E-state index in [9.17, 15) is 5.11 Å². The summed E-state index contributed by atoms with van der Waals surface area (Å²) in [4.78, 5) is 2.33. The van der Waals surface area contributed by atoms with Crippen LogP contribution < -0.4 is 0 Å². The van der Waals surface area contributed by atoms with Crippen LogP contribution in [0.1, 0.15) is 50.5 Å². The van der Waals surface area contributed by atoms with Crippen LogP contribution >= 0.6 is 0 Å². The molecule has 2 unspecified atom stereocenters. The second-order valence-electron chi connectivity index (χ2n) is 5.86. The highest BCUT2D eigenvalue weighted by Crippen LogP contribution is 2.26. The van der Waals surface area contributed by atoms with Gasteiger partial charge in [-0.15, -0.1) is 0 Å². The maximum absolute atomic E-state index is 9.45. The van der Waals surface area contributed by atoms with Gasteiger partial charge in [-0.3, -0.25) is 9.58 Å². The molecule has 2 atom stereocenters. The maximum Gasteiger partial charge on any atom is 0.0661 e. The van der Waals surface area contributed by atoms with Crippen LogP contribution in [0.2, 0.25) is 0 Å². The number of aryl methyl sites for hydroxylation is 1. The molecular formula is C14H25N3O. The van der Waals surface area contributed by atoms with Crippen LogP contribution in [0.25, 0.3) is 0 Å². The molecule has 4 nitrogen and oxygen atoms in total. The molecule has 0 spiro atoms. The molecule has 0 amide bonds. The first-order valence-electron chi connectivity index (χ1n) is 6.94. The SMILES string of the molecule is Cc1cc(C(C)C)n(C2CCN(CC(C)O)C2)n1. The van der Waals surface area contributed by atoms with Crippen LogP contribution in [-0.4, -0.2) is 45.5 Å². The number of likely N-dealkylation sites (tertiary alicyclic amines) is 1. The summed E-state index contributed by atoms with van der Waals surface area (Å²) in [6, 6.07) is 2.66. The number of rotatable bonds is 4. The molecule has 1 N–H and O–H groups in total. The van der Waals surface area contributed by atoms with Crippen molar-refractivity contribution in [3.63, 3.8) is 0 Å². The number of aliphatic hydroxyl groups excluding tert-OH is 1. The van der Waals surface area contributed by atoms with Gasteiger partial charge in [0.15, 0.2) is 0 Å². The fraction of sp³-hybridized carbons (Fsp3) is 0.786. The predicted octanol–water partition coefficient (Wildman–Crippen LogP) is 1.94. The fourth-order valence-electron chi connectivity index (χ4n) is 2.81. The first-order valence-corrected chi connectivity index (χ1v) is 6.94. The molecule has 1 aliphatic heterocycles. The molecule has 0 bridgehead atoms. The van der Waals surface area contributed by atoms with Gasteiger partial charge in [0.2, 0.25) is 0 Å². The van der Waals surface area contributed by atoms with Crippen LogP contribution in [0, 0.1) is 6.92 Å². The summed E-state index contributed by atoms with van der Waals surface area (Å²) in [6.07, 6.45) is 0.890. The lowest BCUT2D eigenvalue weighted by molar-refractivity contribution is 0.138.